The molecule has 0 radical (unpaired) electrons. The molecule has 2 amide bonds. The Balaban J connectivity index is 1.52. The summed E-state index contributed by atoms with van der Waals surface area (Å²) >= 11 is 0. The zero-order chi connectivity index (χ0) is 29.9. The molecule has 1 atom stereocenters. The summed E-state index contributed by atoms with van der Waals surface area (Å²) < 4.78 is 34.8. The summed E-state index contributed by atoms with van der Waals surface area (Å²) in [5, 5.41) is 2.77. The van der Waals surface area contributed by atoms with Crippen molar-refractivity contribution in [2.24, 2.45) is 4.99 Å². The molecule has 1 aliphatic carbocycles. The molecule has 5 rings (SSSR count). The third-order valence-electron chi connectivity index (χ3n) is 7.71. The fourth-order valence-electron chi connectivity index (χ4n) is 5.53. The Morgan fingerprint density at radius 3 is 2.29 bits per heavy atom. The quantitative estimate of drug-likeness (QED) is 0.407. The van der Waals surface area contributed by atoms with E-state index >= 15 is 0 Å². The van der Waals surface area contributed by atoms with E-state index in [1.165, 1.54) is 36.3 Å². The lowest BCUT2D eigenvalue weighted by Gasteiger charge is -2.37. The van der Waals surface area contributed by atoms with Crippen LogP contribution in [-0.4, -0.2) is 57.8 Å². The van der Waals surface area contributed by atoms with Gasteiger partial charge in [0.2, 0.25) is 22.1 Å². The van der Waals surface area contributed by atoms with Gasteiger partial charge in [-0.25, -0.2) is 18.2 Å². The number of methoxy groups -OCH3 is 1. The number of likely N-dealkylation sites (N-methyl/N-ethyl adjacent to an activating group) is 1. The lowest BCUT2D eigenvalue weighted by molar-refractivity contribution is -0.132. The van der Waals surface area contributed by atoms with Gasteiger partial charge in [0, 0.05) is 18.2 Å². The molecule has 1 heterocycles. The lowest BCUT2D eigenvalue weighted by Crippen LogP contribution is -2.62. The van der Waals surface area contributed by atoms with Gasteiger partial charge in [-0.05, 0) is 31.0 Å². The van der Waals surface area contributed by atoms with Gasteiger partial charge >= 0.3 is 5.97 Å². The molecule has 1 saturated carbocycles. The van der Waals surface area contributed by atoms with Crippen LogP contribution in [0.2, 0.25) is 0 Å². The molecular formula is C31H32N4O6S. The van der Waals surface area contributed by atoms with Crippen LogP contribution >= 0.6 is 0 Å². The van der Waals surface area contributed by atoms with Gasteiger partial charge in [0.15, 0.2) is 0 Å². The molecule has 42 heavy (non-hydrogen) atoms. The second kappa shape index (κ2) is 11.9. The molecule has 3 aromatic carbocycles. The van der Waals surface area contributed by atoms with Crippen LogP contribution in [0.25, 0.3) is 0 Å². The van der Waals surface area contributed by atoms with E-state index in [4.69, 9.17) is 9.73 Å². The van der Waals surface area contributed by atoms with E-state index < -0.39 is 39.5 Å². The Morgan fingerprint density at radius 1 is 0.929 bits per heavy atom. The maximum Gasteiger partial charge on any atom is 0.339 e. The summed E-state index contributed by atoms with van der Waals surface area (Å²) in [7, 11) is -1.58. The van der Waals surface area contributed by atoms with Gasteiger partial charge in [0.1, 0.15) is 5.54 Å². The molecule has 1 unspecified atom stereocenters. The van der Waals surface area contributed by atoms with Crippen LogP contribution in [0.4, 0.5) is 5.69 Å². The number of benzodiazepines with no additional fused rings is 1. The summed E-state index contributed by atoms with van der Waals surface area (Å²) in [5.41, 5.74) is 0.951. The van der Waals surface area contributed by atoms with Crippen molar-refractivity contribution in [3.8, 4) is 0 Å². The van der Waals surface area contributed by atoms with Crippen LogP contribution in [0.15, 0.2) is 88.8 Å². The van der Waals surface area contributed by atoms with Crippen molar-refractivity contribution in [3.63, 3.8) is 0 Å². The van der Waals surface area contributed by atoms with Crippen LogP contribution in [0.3, 0.4) is 0 Å². The third kappa shape index (κ3) is 5.57. The number of para-hydroxylation sites is 1. The van der Waals surface area contributed by atoms with E-state index in [1.807, 2.05) is 54.6 Å². The number of hydrogen-bond donors (Lipinski definition) is 2. The van der Waals surface area contributed by atoms with E-state index in [0.29, 0.717) is 24.2 Å². The first-order chi connectivity index (χ1) is 20.2. The third-order valence-corrected chi connectivity index (χ3v) is 9.31. The number of hydrogen-bond acceptors (Lipinski definition) is 7. The van der Waals surface area contributed by atoms with Crippen molar-refractivity contribution in [2.75, 3.05) is 19.1 Å². The van der Waals surface area contributed by atoms with E-state index in [0.717, 1.165) is 17.5 Å². The molecule has 0 aromatic heterocycles. The molecule has 2 N–H and O–H groups in total. The predicted octanol–water partition coefficient (Wildman–Crippen LogP) is 3.41. The van der Waals surface area contributed by atoms with Crippen LogP contribution in [0.5, 0.6) is 0 Å². The summed E-state index contributed by atoms with van der Waals surface area (Å²) in [4.78, 5) is 46.0. The minimum absolute atomic E-state index is 0.144. The Bertz CT molecular complexity index is 1650. The highest BCUT2D eigenvalue weighted by Crippen LogP contribution is 2.32. The number of amides is 2. The first-order valence-electron chi connectivity index (χ1n) is 13.7. The lowest BCUT2D eigenvalue weighted by atomic mass is 9.82. The van der Waals surface area contributed by atoms with Crippen LogP contribution in [0.1, 0.15) is 53.6 Å². The molecule has 0 spiro atoms. The standard InChI is InChI=1S/C31H32N4O6S/c1-35-24-17-9-7-15-22(24)26(21-13-5-3-6-14-21)32-27(28(35)36)33-30(38)31(19-11-4-12-20-31)34-42(39,40)25-18-10-8-16-23(25)29(37)41-2/h3,5-10,13-18,27,34H,4,11-12,19-20H2,1-2H3,(H,33,38). The highest BCUT2D eigenvalue weighted by Gasteiger charge is 2.45. The largest absolute Gasteiger partial charge is 0.465 e. The number of rotatable bonds is 7. The summed E-state index contributed by atoms with van der Waals surface area (Å²) in [6.45, 7) is 0. The van der Waals surface area contributed by atoms with Crippen molar-refractivity contribution in [2.45, 2.75) is 48.7 Å². The van der Waals surface area contributed by atoms with E-state index in [9.17, 15) is 22.8 Å². The SMILES string of the molecule is COC(=O)c1ccccc1S(=O)(=O)NC1(C(=O)NC2N=C(c3ccccc3)c3ccccc3N(C)C2=O)CCCCC1. The Labute approximate surface area is 244 Å². The van der Waals surface area contributed by atoms with Gasteiger partial charge in [-0.3, -0.25) is 9.59 Å². The molecule has 3 aromatic rings. The maximum absolute atomic E-state index is 14.1. The summed E-state index contributed by atoms with van der Waals surface area (Å²) in [5.74, 6) is -1.94. The minimum atomic E-state index is -4.36. The molecule has 1 fully saturated rings. The second-order valence-electron chi connectivity index (χ2n) is 10.4. The molecule has 10 nitrogen and oxygen atoms in total. The number of carbonyl (C=O) groups is 3. The number of ether oxygens (including phenoxy) is 1. The van der Waals surface area contributed by atoms with Gasteiger partial charge in [-0.15, -0.1) is 0 Å². The molecular weight excluding hydrogens is 556 g/mol. The van der Waals surface area contributed by atoms with Gasteiger partial charge in [-0.1, -0.05) is 79.9 Å². The molecule has 2 aliphatic rings. The fraction of sp³-hybridized carbons (Fsp3) is 0.290. The van der Waals surface area contributed by atoms with Crippen molar-refractivity contribution in [1.29, 1.82) is 0 Å². The minimum Gasteiger partial charge on any atom is -0.465 e. The van der Waals surface area contributed by atoms with E-state index in [2.05, 4.69) is 10.0 Å². The van der Waals surface area contributed by atoms with Crippen molar-refractivity contribution in [1.82, 2.24) is 10.0 Å². The number of anilines is 1. The Morgan fingerprint density at radius 2 is 1.57 bits per heavy atom. The van der Waals surface area contributed by atoms with Crippen LogP contribution in [0, 0.1) is 0 Å². The monoisotopic (exact) mass is 588 g/mol. The predicted molar refractivity (Wildman–Crippen MR) is 158 cm³/mol. The number of nitrogens with one attached hydrogen (secondary N) is 2. The van der Waals surface area contributed by atoms with Crippen LogP contribution in [-0.2, 0) is 24.3 Å². The number of sulfonamides is 1. The maximum atomic E-state index is 14.1. The van der Waals surface area contributed by atoms with Crippen molar-refractivity contribution in [3.05, 3.63) is 95.6 Å². The van der Waals surface area contributed by atoms with E-state index in [1.54, 1.807) is 7.05 Å². The smallest absolute Gasteiger partial charge is 0.339 e. The average Bonchev–Trinajstić information content (AvgIpc) is 3.12. The normalized spacial score (nSPS) is 18.3. The van der Waals surface area contributed by atoms with Gasteiger partial charge in [-0.2, -0.15) is 4.72 Å². The molecule has 0 bridgehead atoms. The topological polar surface area (TPSA) is 134 Å². The van der Waals surface area contributed by atoms with Gasteiger partial charge < -0.3 is 15.0 Å². The number of nitrogens with zero attached hydrogens (tertiary/aromatic N) is 2. The Kier molecular flexibility index (Phi) is 8.24. The average molecular weight is 589 g/mol. The zero-order valence-electron chi connectivity index (χ0n) is 23.4. The number of fused-ring (bicyclic) bond motifs is 1. The molecule has 0 saturated heterocycles. The number of esters is 1. The molecule has 218 valence electrons. The van der Waals surface area contributed by atoms with Gasteiger partial charge in [0.05, 0.1) is 29.0 Å². The van der Waals surface area contributed by atoms with Crippen LogP contribution < -0.4 is 14.9 Å². The second-order valence-corrected chi connectivity index (χ2v) is 12.0. The first-order valence-corrected chi connectivity index (χ1v) is 15.2. The Hall–Kier alpha value is -4.35. The first kappa shape index (κ1) is 29.2. The number of aliphatic imine (C=N–C) groups is 1. The molecule has 11 heteroatoms. The van der Waals surface area contributed by atoms with E-state index in [-0.39, 0.29) is 23.3 Å². The van der Waals surface area contributed by atoms with Crippen molar-refractivity contribution < 1.29 is 27.5 Å². The fourth-order valence-corrected chi connectivity index (χ4v) is 7.15. The number of carbonyl (C=O) groups excluding carboxylic acids is 3. The van der Waals surface area contributed by atoms with Gasteiger partial charge in [0.25, 0.3) is 5.91 Å². The highest BCUT2D eigenvalue weighted by molar-refractivity contribution is 7.89. The summed E-state index contributed by atoms with van der Waals surface area (Å²) in [6.07, 6.45) is 1.13. The zero-order valence-corrected chi connectivity index (χ0v) is 24.2. The summed E-state index contributed by atoms with van der Waals surface area (Å²) in [6, 6.07) is 22.4. The van der Waals surface area contributed by atoms with Crippen molar-refractivity contribution >= 4 is 39.2 Å². The highest BCUT2D eigenvalue weighted by atomic mass is 32.2. The molecule has 1 aliphatic heterocycles. The number of benzene rings is 3.